The lowest BCUT2D eigenvalue weighted by Crippen LogP contribution is -2.50. The highest BCUT2D eigenvalue weighted by molar-refractivity contribution is 5.77. The molecule has 4 fully saturated rings. The van der Waals surface area contributed by atoms with Crippen molar-refractivity contribution in [3.63, 3.8) is 0 Å². The number of nitrogens with two attached hydrogens (primary N) is 1. The standard InChI is InChI=1S/C14H24N2/c1-9(16-10(2)15)14-6-11-3-12(7-14)5-13(4-11)8-14/h9,11-13H,3-8H2,1-2H3,(H2,15,16). The van der Waals surface area contributed by atoms with Crippen LogP contribution in [0.25, 0.3) is 0 Å². The van der Waals surface area contributed by atoms with Crippen molar-refractivity contribution in [2.75, 3.05) is 0 Å². The molecule has 1 atom stereocenters. The Morgan fingerprint density at radius 1 is 1.12 bits per heavy atom. The molecule has 0 aromatic heterocycles. The second-order valence-corrected chi connectivity index (χ2v) is 6.73. The lowest BCUT2D eigenvalue weighted by molar-refractivity contribution is -0.0633. The van der Waals surface area contributed by atoms with Gasteiger partial charge in [-0.1, -0.05) is 0 Å². The fourth-order valence-electron chi connectivity index (χ4n) is 5.13. The Morgan fingerprint density at radius 3 is 1.94 bits per heavy atom. The van der Waals surface area contributed by atoms with Gasteiger partial charge >= 0.3 is 0 Å². The largest absolute Gasteiger partial charge is 0.388 e. The van der Waals surface area contributed by atoms with Gasteiger partial charge in [-0.25, -0.2) is 0 Å². The molecule has 0 radical (unpaired) electrons. The van der Waals surface area contributed by atoms with Crippen LogP contribution < -0.4 is 5.73 Å². The molecule has 0 spiro atoms. The first-order valence-corrected chi connectivity index (χ1v) is 6.87. The summed E-state index contributed by atoms with van der Waals surface area (Å²) in [5.74, 6) is 3.81. The minimum atomic E-state index is 0.450. The summed E-state index contributed by atoms with van der Waals surface area (Å²) in [6.45, 7) is 4.22. The highest BCUT2D eigenvalue weighted by atomic mass is 14.9. The maximum absolute atomic E-state index is 5.76. The van der Waals surface area contributed by atoms with Crippen LogP contribution >= 0.6 is 0 Å². The zero-order valence-corrected chi connectivity index (χ0v) is 10.6. The predicted molar refractivity (Wildman–Crippen MR) is 67.4 cm³/mol. The third kappa shape index (κ3) is 1.57. The topological polar surface area (TPSA) is 38.4 Å². The summed E-state index contributed by atoms with van der Waals surface area (Å²) in [7, 11) is 0. The molecule has 0 heterocycles. The minimum Gasteiger partial charge on any atom is -0.388 e. The molecular weight excluding hydrogens is 196 g/mol. The molecule has 4 rings (SSSR count). The molecule has 4 saturated carbocycles. The van der Waals surface area contributed by atoms with E-state index in [-0.39, 0.29) is 0 Å². The second kappa shape index (κ2) is 3.48. The molecule has 16 heavy (non-hydrogen) atoms. The van der Waals surface area contributed by atoms with Gasteiger partial charge in [0.25, 0.3) is 0 Å². The Kier molecular flexibility index (Phi) is 2.31. The first kappa shape index (κ1) is 10.6. The number of aliphatic imine (C=N–C) groups is 1. The van der Waals surface area contributed by atoms with Crippen molar-refractivity contribution in [2.45, 2.75) is 58.4 Å². The highest BCUT2D eigenvalue weighted by Crippen LogP contribution is 2.61. The van der Waals surface area contributed by atoms with Crippen LogP contribution in [-0.2, 0) is 0 Å². The SMILES string of the molecule is CC(N)=NC(C)C12CC3CC(CC(C3)C1)C2. The van der Waals surface area contributed by atoms with E-state index in [9.17, 15) is 0 Å². The normalized spacial score (nSPS) is 48.4. The Morgan fingerprint density at radius 2 is 1.56 bits per heavy atom. The first-order valence-electron chi connectivity index (χ1n) is 6.87. The summed E-state index contributed by atoms with van der Waals surface area (Å²) in [4.78, 5) is 4.66. The molecule has 2 nitrogen and oxygen atoms in total. The van der Waals surface area contributed by atoms with Crippen molar-refractivity contribution >= 4 is 5.84 Å². The second-order valence-electron chi connectivity index (χ2n) is 6.73. The van der Waals surface area contributed by atoms with E-state index >= 15 is 0 Å². The van der Waals surface area contributed by atoms with Crippen LogP contribution in [0.15, 0.2) is 4.99 Å². The summed E-state index contributed by atoms with van der Waals surface area (Å²) in [6.07, 6.45) is 8.82. The molecular formula is C14H24N2. The molecule has 0 aromatic rings. The van der Waals surface area contributed by atoms with Crippen molar-refractivity contribution in [3.8, 4) is 0 Å². The summed E-state index contributed by atoms with van der Waals surface area (Å²) in [5.41, 5.74) is 6.29. The average Bonchev–Trinajstić information content (AvgIpc) is 2.13. The minimum absolute atomic E-state index is 0.450. The number of hydrogen-bond donors (Lipinski definition) is 1. The average molecular weight is 220 g/mol. The van der Waals surface area contributed by atoms with Crippen LogP contribution in [0.4, 0.5) is 0 Å². The maximum Gasteiger partial charge on any atom is 0.0909 e. The highest BCUT2D eigenvalue weighted by Gasteiger charge is 2.53. The van der Waals surface area contributed by atoms with Crippen molar-refractivity contribution < 1.29 is 0 Å². The van der Waals surface area contributed by atoms with E-state index in [0.717, 1.165) is 23.6 Å². The van der Waals surface area contributed by atoms with Gasteiger partial charge in [0.1, 0.15) is 0 Å². The van der Waals surface area contributed by atoms with Gasteiger partial charge in [0.05, 0.1) is 11.9 Å². The molecule has 0 amide bonds. The number of amidine groups is 1. The molecule has 2 heteroatoms. The molecule has 0 aromatic carbocycles. The van der Waals surface area contributed by atoms with Gasteiger partial charge in [0, 0.05) is 0 Å². The van der Waals surface area contributed by atoms with Crippen molar-refractivity contribution in [1.29, 1.82) is 0 Å². The zero-order chi connectivity index (χ0) is 11.3. The van der Waals surface area contributed by atoms with E-state index in [0.29, 0.717) is 11.5 Å². The number of rotatable bonds is 2. The van der Waals surface area contributed by atoms with Gasteiger partial charge in [0.2, 0.25) is 0 Å². The molecule has 0 saturated heterocycles. The fourth-order valence-corrected chi connectivity index (χ4v) is 5.13. The van der Waals surface area contributed by atoms with Crippen molar-refractivity contribution in [3.05, 3.63) is 0 Å². The molecule has 4 aliphatic carbocycles. The van der Waals surface area contributed by atoms with Crippen LogP contribution in [0.1, 0.15) is 52.4 Å². The monoisotopic (exact) mass is 220 g/mol. The van der Waals surface area contributed by atoms with Gasteiger partial charge in [-0.3, -0.25) is 4.99 Å². The lowest BCUT2D eigenvalue weighted by atomic mass is 9.48. The lowest BCUT2D eigenvalue weighted by Gasteiger charge is -2.58. The smallest absolute Gasteiger partial charge is 0.0909 e. The number of hydrogen-bond acceptors (Lipinski definition) is 1. The molecule has 1 unspecified atom stereocenters. The summed E-state index contributed by atoms with van der Waals surface area (Å²) >= 11 is 0. The van der Waals surface area contributed by atoms with E-state index in [4.69, 9.17) is 5.73 Å². The van der Waals surface area contributed by atoms with Gasteiger partial charge in [0.15, 0.2) is 0 Å². The molecule has 0 aliphatic heterocycles. The van der Waals surface area contributed by atoms with Crippen molar-refractivity contribution in [2.24, 2.45) is 33.9 Å². The van der Waals surface area contributed by atoms with Gasteiger partial charge in [-0.2, -0.15) is 0 Å². The molecule has 2 N–H and O–H groups in total. The first-order chi connectivity index (χ1) is 7.57. The number of nitrogens with zero attached hydrogens (tertiary/aromatic N) is 1. The third-order valence-electron chi connectivity index (χ3n) is 5.37. The van der Waals surface area contributed by atoms with Crippen LogP contribution in [0.3, 0.4) is 0 Å². The molecule has 4 aliphatic rings. The van der Waals surface area contributed by atoms with Gasteiger partial charge in [-0.15, -0.1) is 0 Å². The van der Waals surface area contributed by atoms with Crippen molar-refractivity contribution in [1.82, 2.24) is 0 Å². The fraction of sp³-hybridized carbons (Fsp3) is 0.929. The van der Waals surface area contributed by atoms with E-state index in [1.54, 1.807) is 0 Å². The van der Waals surface area contributed by atoms with Crippen LogP contribution in [0.5, 0.6) is 0 Å². The van der Waals surface area contributed by atoms with E-state index in [1.165, 1.54) is 38.5 Å². The van der Waals surface area contributed by atoms with Crippen LogP contribution in [0, 0.1) is 23.2 Å². The summed E-state index contributed by atoms with van der Waals surface area (Å²) in [6, 6.07) is 0.450. The van der Waals surface area contributed by atoms with E-state index in [2.05, 4.69) is 11.9 Å². The Bertz CT molecular complexity index is 279. The predicted octanol–water partition coefficient (Wildman–Crippen LogP) is 2.97. The Hall–Kier alpha value is -0.530. The summed E-state index contributed by atoms with van der Waals surface area (Å²) < 4.78 is 0. The quantitative estimate of drug-likeness (QED) is 0.564. The summed E-state index contributed by atoms with van der Waals surface area (Å²) in [5, 5.41) is 0. The van der Waals surface area contributed by atoms with Crippen LogP contribution in [0.2, 0.25) is 0 Å². The van der Waals surface area contributed by atoms with Crippen LogP contribution in [-0.4, -0.2) is 11.9 Å². The van der Waals surface area contributed by atoms with Gasteiger partial charge < -0.3 is 5.73 Å². The Labute approximate surface area is 98.7 Å². The Balaban J connectivity index is 1.85. The molecule has 4 bridgehead atoms. The maximum atomic E-state index is 5.76. The van der Waals surface area contributed by atoms with E-state index < -0.39 is 0 Å². The third-order valence-corrected chi connectivity index (χ3v) is 5.37. The van der Waals surface area contributed by atoms with Gasteiger partial charge in [-0.05, 0) is 75.5 Å². The van der Waals surface area contributed by atoms with E-state index in [1.807, 2.05) is 6.92 Å². The molecule has 90 valence electrons. The zero-order valence-electron chi connectivity index (χ0n) is 10.6.